The molecule has 0 aliphatic carbocycles. The lowest BCUT2D eigenvalue weighted by Gasteiger charge is -2.36. The van der Waals surface area contributed by atoms with Crippen LogP contribution < -0.4 is 5.32 Å². The highest BCUT2D eigenvalue weighted by molar-refractivity contribution is 5.81. The number of carbonyl (C=O) groups is 1. The summed E-state index contributed by atoms with van der Waals surface area (Å²) in [6.45, 7) is 5.91. The van der Waals surface area contributed by atoms with Crippen LogP contribution in [-0.4, -0.2) is 56.3 Å². The highest BCUT2D eigenvalue weighted by Gasteiger charge is 2.31. The summed E-state index contributed by atoms with van der Waals surface area (Å²) in [7, 11) is 0. The number of morpholine rings is 2. The molecule has 2 fully saturated rings. The first kappa shape index (κ1) is 14.5. The molecule has 0 bridgehead atoms. The first-order chi connectivity index (χ1) is 10.3. The quantitative estimate of drug-likeness (QED) is 0.878. The summed E-state index contributed by atoms with van der Waals surface area (Å²) in [4.78, 5) is 14.4. The van der Waals surface area contributed by atoms with Crippen molar-refractivity contribution in [3.05, 3.63) is 35.4 Å². The molecule has 1 aromatic carbocycles. The summed E-state index contributed by atoms with van der Waals surface area (Å²) in [5.74, 6) is 0.0732. The van der Waals surface area contributed by atoms with Gasteiger partial charge in [-0.2, -0.15) is 0 Å². The molecule has 5 heteroatoms. The van der Waals surface area contributed by atoms with Gasteiger partial charge in [0.1, 0.15) is 12.2 Å². The molecule has 1 N–H and O–H groups in total. The van der Waals surface area contributed by atoms with E-state index in [4.69, 9.17) is 9.47 Å². The highest BCUT2D eigenvalue weighted by Crippen LogP contribution is 2.25. The predicted octanol–water partition coefficient (Wildman–Crippen LogP) is 0.883. The van der Waals surface area contributed by atoms with Crippen LogP contribution in [-0.2, 0) is 14.3 Å². The number of ether oxygens (including phenoxy) is 2. The van der Waals surface area contributed by atoms with E-state index in [1.165, 1.54) is 5.56 Å². The fraction of sp³-hybridized carbons (Fsp3) is 0.562. The number of nitrogens with one attached hydrogen (secondary N) is 1. The summed E-state index contributed by atoms with van der Waals surface area (Å²) < 4.78 is 11.4. The van der Waals surface area contributed by atoms with Crippen LogP contribution in [0.1, 0.15) is 17.2 Å². The Morgan fingerprint density at radius 2 is 2.14 bits per heavy atom. The number of hydrogen-bond acceptors (Lipinski definition) is 4. The SMILES string of the molecule is Cc1ccccc1[C@H]1CN(C(=O)[C@@H]2CNCCO2)CCO1. The lowest BCUT2D eigenvalue weighted by Crippen LogP contribution is -2.52. The number of amides is 1. The fourth-order valence-electron chi connectivity index (χ4n) is 2.91. The molecule has 0 unspecified atom stereocenters. The predicted molar refractivity (Wildman–Crippen MR) is 79.1 cm³/mol. The molecule has 2 saturated heterocycles. The van der Waals surface area contributed by atoms with Gasteiger partial charge in [0, 0.05) is 19.6 Å². The molecular weight excluding hydrogens is 268 g/mol. The molecule has 2 aliphatic rings. The summed E-state index contributed by atoms with van der Waals surface area (Å²) in [5, 5.41) is 3.20. The topological polar surface area (TPSA) is 50.8 Å². The monoisotopic (exact) mass is 290 g/mol. The van der Waals surface area contributed by atoms with Crippen LogP contribution in [0.25, 0.3) is 0 Å². The smallest absolute Gasteiger partial charge is 0.253 e. The molecule has 21 heavy (non-hydrogen) atoms. The maximum atomic E-state index is 12.5. The number of rotatable bonds is 2. The Morgan fingerprint density at radius 1 is 1.29 bits per heavy atom. The molecule has 3 rings (SSSR count). The van der Waals surface area contributed by atoms with Gasteiger partial charge in [-0.25, -0.2) is 0 Å². The van der Waals surface area contributed by atoms with E-state index in [-0.39, 0.29) is 18.1 Å². The van der Waals surface area contributed by atoms with Crippen molar-refractivity contribution in [2.24, 2.45) is 0 Å². The Hall–Kier alpha value is -1.43. The summed E-state index contributed by atoms with van der Waals surface area (Å²) in [5.41, 5.74) is 2.37. The minimum absolute atomic E-state index is 0.0413. The lowest BCUT2D eigenvalue weighted by molar-refractivity contribution is -0.152. The van der Waals surface area contributed by atoms with Crippen molar-refractivity contribution in [2.75, 3.05) is 39.4 Å². The standard InChI is InChI=1S/C16H22N2O3/c1-12-4-2-3-5-13(12)15-11-18(7-9-21-15)16(19)14-10-17-6-8-20-14/h2-5,14-15,17H,6-11H2,1H3/t14-,15+/m0/s1. The zero-order valence-electron chi connectivity index (χ0n) is 12.4. The molecule has 5 nitrogen and oxygen atoms in total. The Balaban J connectivity index is 1.68. The second-order valence-electron chi connectivity index (χ2n) is 5.56. The van der Waals surface area contributed by atoms with E-state index < -0.39 is 0 Å². The number of hydrogen-bond donors (Lipinski definition) is 1. The molecule has 0 saturated carbocycles. The van der Waals surface area contributed by atoms with Crippen molar-refractivity contribution in [1.82, 2.24) is 10.2 Å². The van der Waals surface area contributed by atoms with Crippen LogP contribution in [0.5, 0.6) is 0 Å². The van der Waals surface area contributed by atoms with Gasteiger partial charge in [-0.1, -0.05) is 24.3 Å². The first-order valence-corrected chi connectivity index (χ1v) is 7.54. The Kier molecular flexibility index (Phi) is 4.53. The zero-order valence-corrected chi connectivity index (χ0v) is 12.4. The van der Waals surface area contributed by atoms with Crippen molar-refractivity contribution in [2.45, 2.75) is 19.1 Å². The average molecular weight is 290 g/mol. The van der Waals surface area contributed by atoms with E-state index in [2.05, 4.69) is 24.4 Å². The van der Waals surface area contributed by atoms with E-state index in [9.17, 15) is 4.79 Å². The van der Waals surface area contributed by atoms with Gasteiger partial charge in [0.25, 0.3) is 5.91 Å². The number of benzene rings is 1. The maximum Gasteiger partial charge on any atom is 0.253 e. The van der Waals surface area contributed by atoms with Gasteiger partial charge < -0.3 is 19.7 Å². The minimum atomic E-state index is -0.352. The number of nitrogens with zero attached hydrogens (tertiary/aromatic N) is 1. The van der Waals surface area contributed by atoms with Gasteiger partial charge in [-0.15, -0.1) is 0 Å². The van der Waals surface area contributed by atoms with Gasteiger partial charge >= 0.3 is 0 Å². The fourth-order valence-corrected chi connectivity index (χ4v) is 2.91. The third-order valence-corrected chi connectivity index (χ3v) is 4.12. The largest absolute Gasteiger partial charge is 0.370 e. The van der Waals surface area contributed by atoms with Gasteiger partial charge in [-0.3, -0.25) is 4.79 Å². The lowest BCUT2D eigenvalue weighted by atomic mass is 10.0. The highest BCUT2D eigenvalue weighted by atomic mass is 16.5. The molecule has 1 aromatic rings. The van der Waals surface area contributed by atoms with Gasteiger partial charge in [0.05, 0.1) is 19.8 Å². The summed E-state index contributed by atoms with van der Waals surface area (Å²) in [6, 6.07) is 8.19. The van der Waals surface area contributed by atoms with E-state index in [1.54, 1.807) is 0 Å². The molecule has 2 heterocycles. The third kappa shape index (κ3) is 3.26. The van der Waals surface area contributed by atoms with Crippen LogP contribution >= 0.6 is 0 Å². The Bertz CT molecular complexity index is 500. The van der Waals surface area contributed by atoms with Crippen molar-refractivity contribution in [1.29, 1.82) is 0 Å². The van der Waals surface area contributed by atoms with E-state index in [0.29, 0.717) is 32.8 Å². The van der Waals surface area contributed by atoms with E-state index in [1.807, 2.05) is 17.0 Å². The summed E-state index contributed by atoms with van der Waals surface area (Å²) in [6.07, 6.45) is -0.394. The third-order valence-electron chi connectivity index (χ3n) is 4.12. The molecule has 0 aromatic heterocycles. The first-order valence-electron chi connectivity index (χ1n) is 7.54. The van der Waals surface area contributed by atoms with Gasteiger partial charge in [0.15, 0.2) is 0 Å². The molecule has 2 aliphatic heterocycles. The summed E-state index contributed by atoms with van der Waals surface area (Å²) >= 11 is 0. The minimum Gasteiger partial charge on any atom is -0.370 e. The Morgan fingerprint density at radius 3 is 2.90 bits per heavy atom. The second-order valence-corrected chi connectivity index (χ2v) is 5.56. The van der Waals surface area contributed by atoms with Crippen molar-refractivity contribution in [3.63, 3.8) is 0 Å². The molecule has 2 atom stereocenters. The van der Waals surface area contributed by atoms with Gasteiger partial charge in [-0.05, 0) is 18.1 Å². The second kappa shape index (κ2) is 6.56. The molecule has 114 valence electrons. The van der Waals surface area contributed by atoms with E-state index >= 15 is 0 Å². The molecule has 0 radical (unpaired) electrons. The molecular formula is C16H22N2O3. The Labute approximate surface area is 125 Å². The number of aryl methyl sites for hydroxylation is 1. The molecule has 1 amide bonds. The van der Waals surface area contributed by atoms with E-state index in [0.717, 1.165) is 12.1 Å². The van der Waals surface area contributed by atoms with Crippen molar-refractivity contribution < 1.29 is 14.3 Å². The van der Waals surface area contributed by atoms with Crippen LogP contribution in [0, 0.1) is 6.92 Å². The average Bonchev–Trinajstić information content (AvgIpc) is 2.55. The zero-order chi connectivity index (χ0) is 14.7. The van der Waals surface area contributed by atoms with Crippen LogP contribution in [0.4, 0.5) is 0 Å². The van der Waals surface area contributed by atoms with Gasteiger partial charge in [0.2, 0.25) is 0 Å². The molecule has 0 spiro atoms. The van der Waals surface area contributed by atoms with Crippen molar-refractivity contribution in [3.8, 4) is 0 Å². The normalized spacial score (nSPS) is 26.6. The van der Waals surface area contributed by atoms with Crippen LogP contribution in [0.3, 0.4) is 0 Å². The number of carbonyl (C=O) groups excluding carboxylic acids is 1. The van der Waals surface area contributed by atoms with Crippen molar-refractivity contribution >= 4 is 5.91 Å². The maximum absolute atomic E-state index is 12.5. The van der Waals surface area contributed by atoms with Crippen LogP contribution in [0.2, 0.25) is 0 Å². The van der Waals surface area contributed by atoms with Crippen LogP contribution in [0.15, 0.2) is 24.3 Å².